The average Bonchev–Trinajstić information content (AvgIpc) is 2.92. The standard InChI is InChI=1S/C33H45N3O6/c1-16(2)26(36(7)30(40)42-31(4,5)6)27(37)35-33-23-20-24(33)22-25(33)21(23)32(20,22)29(39)34-19(14-17(3)28(38)41-8)15-18-12-10-9-11-13-18/h9-13,16-17,19-26H,14-15H2,1-8H3,(H,34,39)(H,35,37)/t17-,19+,20?,21?,22?,23?,24?,25?,26-,32?,33?/m0/s1. The lowest BCUT2D eigenvalue weighted by atomic mass is 8.94. The van der Waals surface area contributed by atoms with Crippen LogP contribution in [0.25, 0.3) is 0 Å². The molecule has 3 amide bonds. The summed E-state index contributed by atoms with van der Waals surface area (Å²) in [7, 11) is 3.02. The minimum atomic E-state index is -0.645. The van der Waals surface area contributed by atoms with Crippen molar-refractivity contribution in [1.82, 2.24) is 15.5 Å². The van der Waals surface area contributed by atoms with Gasteiger partial charge in [0.05, 0.1) is 24.0 Å². The van der Waals surface area contributed by atoms with Gasteiger partial charge in [-0.15, -0.1) is 0 Å². The average molecular weight is 580 g/mol. The molecular weight excluding hydrogens is 534 g/mol. The topological polar surface area (TPSA) is 114 Å². The molecule has 228 valence electrons. The van der Waals surface area contributed by atoms with Crippen molar-refractivity contribution >= 4 is 23.9 Å². The van der Waals surface area contributed by atoms with Gasteiger partial charge in [-0.3, -0.25) is 19.3 Å². The molecule has 0 aromatic heterocycles. The summed E-state index contributed by atoms with van der Waals surface area (Å²) >= 11 is 0. The maximum Gasteiger partial charge on any atom is 0.410 e. The minimum absolute atomic E-state index is 0.0825. The maximum absolute atomic E-state index is 13.9. The van der Waals surface area contributed by atoms with Crippen LogP contribution in [0, 0.1) is 52.8 Å². The third kappa shape index (κ3) is 3.60. The molecule has 0 radical (unpaired) electrons. The normalized spacial score (nSPS) is 35.8. The Morgan fingerprint density at radius 3 is 2.02 bits per heavy atom. The Kier molecular flexibility index (Phi) is 6.52. The highest BCUT2D eigenvalue weighted by Gasteiger charge is 3.12. The fourth-order valence-electron chi connectivity index (χ4n) is 10.0. The number of carbonyl (C=O) groups excluding carboxylic acids is 4. The zero-order chi connectivity index (χ0) is 30.5. The van der Waals surface area contributed by atoms with Crippen molar-refractivity contribution in [3.63, 3.8) is 0 Å². The Labute approximate surface area is 248 Å². The minimum Gasteiger partial charge on any atom is -0.469 e. The van der Waals surface area contributed by atoms with Crippen molar-refractivity contribution in [1.29, 1.82) is 0 Å². The number of methoxy groups -OCH3 is 1. The zero-order valence-electron chi connectivity index (χ0n) is 26.0. The monoisotopic (exact) mass is 579 g/mol. The van der Waals surface area contributed by atoms with E-state index in [9.17, 15) is 19.2 Å². The summed E-state index contributed by atoms with van der Waals surface area (Å²) in [6.45, 7) is 11.2. The molecule has 7 rings (SSSR count). The van der Waals surface area contributed by atoms with E-state index in [0.717, 1.165) is 5.56 Å². The first-order valence-corrected chi connectivity index (χ1v) is 15.4. The number of amides is 3. The Morgan fingerprint density at radius 2 is 1.52 bits per heavy atom. The van der Waals surface area contributed by atoms with E-state index >= 15 is 0 Å². The molecule has 9 nitrogen and oxygen atoms in total. The number of benzene rings is 1. The van der Waals surface area contributed by atoms with E-state index in [2.05, 4.69) is 10.6 Å². The van der Waals surface area contributed by atoms with Crippen LogP contribution in [0.1, 0.15) is 53.5 Å². The largest absolute Gasteiger partial charge is 0.469 e. The van der Waals surface area contributed by atoms with E-state index in [1.54, 1.807) is 7.05 Å². The molecule has 6 saturated carbocycles. The van der Waals surface area contributed by atoms with Crippen molar-refractivity contribution < 1.29 is 28.7 Å². The third-order valence-corrected chi connectivity index (χ3v) is 11.3. The molecule has 1 aromatic carbocycles. The van der Waals surface area contributed by atoms with Crippen LogP contribution in [0.3, 0.4) is 0 Å². The number of rotatable bonds is 11. The molecule has 2 N–H and O–H groups in total. The van der Waals surface area contributed by atoms with Crippen molar-refractivity contribution in [3.05, 3.63) is 35.9 Å². The van der Waals surface area contributed by atoms with Gasteiger partial charge in [0.2, 0.25) is 11.8 Å². The number of nitrogens with zero attached hydrogens (tertiary/aromatic N) is 1. The van der Waals surface area contributed by atoms with Crippen LogP contribution in [0.2, 0.25) is 0 Å². The predicted octanol–water partition coefficient (Wildman–Crippen LogP) is 3.41. The van der Waals surface area contributed by atoms with Crippen molar-refractivity contribution in [3.8, 4) is 0 Å². The summed E-state index contributed by atoms with van der Waals surface area (Å²) < 4.78 is 10.5. The lowest BCUT2D eigenvalue weighted by Crippen LogP contribution is -3.16. The number of carbonyl (C=O) groups is 4. The van der Waals surface area contributed by atoms with Crippen LogP contribution >= 0.6 is 0 Å². The summed E-state index contributed by atoms with van der Waals surface area (Å²) in [6, 6.07) is 9.23. The molecule has 6 fully saturated rings. The molecule has 0 spiro atoms. The van der Waals surface area contributed by atoms with E-state index in [4.69, 9.17) is 9.47 Å². The second-order valence-electron chi connectivity index (χ2n) is 14.8. The Bertz CT molecular complexity index is 1250. The lowest BCUT2D eigenvalue weighted by molar-refractivity contribution is -0.607. The van der Waals surface area contributed by atoms with Gasteiger partial charge in [0.1, 0.15) is 11.6 Å². The van der Waals surface area contributed by atoms with Gasteiger partial charge in [0.15, 0.2) is 0 Å². The molecule has 0 aliphatic heterocycles. The molecule has 9 heteroatoms. The van der Waals surface area contributed by atoms with Crippen LogP contribution in [-0.2, 0) is 30.3 Å². The number of ether oxygens (including phenoxy) is 2. The van der Waals surface area contributed by atoms with Gasteiger partial charge in [0.25, 0.3) is 0 Å². The summed E-state index contributed by atoms with van der Waals surface area (Å²) in [5.41, 5.74) is -0.0373. The lowest BCUT2D eigenvalue weighted by Gasteiger charge is -3.10. The second kappa shape index (κ2) is 9.45. The maximum atomic E-state index is 13.9. The highest BCUT2D eigenvalue weighted by molar-refractivity contribution is 5.95. The van der Waals surface area contributed by atoms with Gasteiger partial charge < -0.3 is 20.1 Å². The third-order valence-electron chi connectivity index (χ3n) is 11.3. The van der Waals surface area contributed by atoms with E-state index in [1.165, 1.54) is 12.0 Å². The number of nitrogens with one attached hydrogen (secondary N) is 2. The van der Waals surface area contributed by atoms with Gasteiger partial charge in [-0.05, 0) is 80.6 Å². The van der Waals surface area contributed by atoms with Crippen molar-refractivity contribution in [2.45, 2.75) is 77.6 Å². The summed E-state index contributed by atoms with van der Waals surface area (Å²) in [5.74, 6) is 1.28. The van der Waals surface area contributed by atoms with E-state index in [-0.39, 0.29) is 46.6 Å². The van der Waals surface area contributed by atoms with Crippen LogP contribution in [0.5, 0.6) is 0 Å². The highest BCUT2D eigenvalue weighted by atomic mass is 16.6. The fourth-order valence-corrected chi connectivity index (χ4v) is 10.0. The quantitative estimate of drug-likeness (QED) is 0.389. The summed E-state index contributed by atoms with van der Waals surface area (Å²) in [6.07, 6.45) is 0.663. The van der Waals surface area contributed by atoms with Gasteiger partial charge in [-0.2, -0.15) is 0 Å². The Hall–Kier alpha value is -3.10. The molecule has 3 atom stereocenters. The molecular formula is C33H45N3O6. The van der Waals surface area contributed by atoms with E-state index in [1.807, 2.05) is 71.9 Å². The first-order chi connectivity index (χ1) is 19.7. The van der Waals surface area contributed by atoms with Gasteiger partial charge in [-0.25, -0.2) is 4.79 Å². The predicted molar refractivity (Wildman–Crippen MR) is 155 cm³/mol. The number of hydrogen-bond donors (Lipinski definition) is 2. The first kappa shape index (κ1) is 29.0. The van der Waals surface area contributed by atoms with Gasteiger partial charge in [-0.1, -0.05) is 51.1 Å². The zero-order valence-corrected chi connectivity index (χ0v) is 26.0. The van der Waals surface area contributed by atoms with Crippen molar-refractivity contribution in [2.75, 3.05) is 14.2 Å². The Morgan fingerprint density at radius 1 is 0.952 bits per heavy atom. The second-order valence-corrected chi connectivity index (χ2v) is 14.8. The molecule has 42 heavy (non-hydrogen) atoms. The molecule has 6 aliphatic rings. The molecule has 0 heterocycles. The molecule has 6 aliphatic carbocycles. The van der Waals surface area contributed by atoms with Gasteiger partial charge in [0, 0.05) is 13.1 Å². The molecule has 0 saturated heterocycles. The molecule has 1 aromatic rings. The SMILES string of the molecule is COC(=O)[C@@H](C)C[C@H](Cc1ccccc1)NC(=O)C12C3C4C1C1C2C3C41NC(=O)[C@H](C(C)C)N(C)C(=O)OC(C)(C)C. The van der Waals surface area contributed by atoms with Crippen LogP contribution in [0.15, 0.2) is 30.3 Å². The first-order valence-electron chi connectivity index (χ1n) is 15.4. The van der Waals surface area contributed by atoms with E-state index in [0.29, 0.717) is 48.3 Å². The van der Waals surface area contributed by atoms with Crippen molar-refractivity contribution in [2.24, 2.45) is 52.8 Å². The smallest absolute Gasteiger partial charge is 0.410 e. The van der Waals surface area contributed by atoms with Crippen LogP contribution in [-0.4, -0.2) is 66.2 Å². The number of hydrogen-bond acceptors (Lipinski definition) is 6. The fraction of sp³-hybridized carbons (Fsp3) is 0.697. The molecule has 0 bridgehead atoms. The summed E-state index contributed by atoms with van der Waals surface area (Å²) in [5, 5.41) is 6.74. The highest BCUT2D eigenvalue weighted by Crippen LogP contribution is 3.07. The van der Waals surface area contributed by atoms with Gasteiger partial charge >= 0.3 is 12.1 Å². The number of likely N-dealkylation sites (N-methyl/N-ethyl adjacent to an activating group) is 1. The van der Waals surface area contributed by atoms with Crippen LogP contribution < -0.4 is 10.6 Å². The number of esters is 1. The Balaban J connectivity index is 1.10. The van der Waals surface area contributed by atoms with E-state index < -0.39 is 17.7 Å². The van der Waals surface area contributed by atoms with Crippen LogP contribution in [0.4, 0.5) is 4.79 Å². The molecule has 0 unspecified atom stereocenters. The summed E-state index contributed by atoms with van der Waals surface area (Å²) in [4.78, 5) is 53.9.